The molecule has 0 aromatic heterocycles. The van der Waals surface area contributed by atoms with Crippen LogP contribution in [0.3, 0.4) is 0 Å². The summed E-state index contributed by atoms with van der Waals surface area (Å²) in [6.45, 7) is 3.70. The van der Waals surface area contributed by atoms with Gasteiger partial charge in [0.1, 0.15) is 0 Å². The van der Waals surface area contributed by atoms with E-state index in [4.69, 9.17) is 9.31 Å². The first-order chi connectivity index (χ1) is 3.39. The molecule has 2 nitrogen and oxygen atoms in total. The van der Waals surface area contributed by atoms with E-state index in [1.165, 1.54) is 7.69 Å². The fraction of sp³-hybridized carbons (Fsp3) is 1.00. The van der Waals surface area contributed by atoms with Crippen LogP contribution in [0.15, 0.2) is 0 Å². The van der Waals surface area contributed by atoms with Gasteiger partial charge in [0.2, 0.25) is 0 Å². The van der Waals surface area contributed by atoms with Gasteiger partial charge >= 0.3 is 7.69 Å². The van der Waals surface area contributed by atoms with Crippen molar-refractivity contribution in [2.24, 2.45) is 5.92 Å². The van der Waals surface area contributed by atoms with Crippen LogP contribution in [-0.4, -0.2) is 20.9 Å². The van der Waals surface area contributed by atoms with Crippen molar-refractivity contribution in [1.82, 2.24) is 0 Å². The van der Waals surface area contributed by atoms with E-state index in [0.29, 0.717) is 5.92 Å². The van der Waals surface area contributed by atoms with Crippen molar-refractivity contribution in [2.75, 3.05) is 13.2 Å². The summed E-state index contributed by atoms with van der Waals surface area (Å²) < 4.78 is 9.67. The molecule has 1 aliphatic rings. The van der Waals surface area contributed by atoms with E-state index in [1.807, 2.05) is 0 Å². The molecule has 3 heteroatoms. The second kappa shape index (κ2) is 2.33. The molecule has 0 unspecified atom stereocenters. The quantitative estimate of drug-likeness (QED) is 0.404. The normalized spacial score (nSPS) is 24.1. The molecular formula is C4H8BO2. The van der Waals surface area contributed by atoms with E-state index in [9.17, 15) is 0 Å². The van der Waals surface area contributed by atoms with Gasteiger partial charge in [0.05, 0.1) is 0 Å². The Bertz CT molecular complexity index is 51.7. The highest BCUT2D eigenvalue weighted by Crippen LogP contribution is 2.00. The largest absolute Gasteiger partial charge is 0.488 e. The highest BCUT2D eigenvalue weighted by Gasteiger charge is 2.08. The van der Waals surface area contributed by atoms with Crippen molar-refractivity contribution in [3.63, 3.8) is 0 Å². The molecule has 0 aromatic rings. The number of hydrogen-bond donors (Lipinski definition) is 0. The van der Waals surface area contributed by atoms with Gasteiger partial charge in [-0.2, -0.15) is 0 Å². The van der Waals surface area contributed by atoms with Gasteiger partial charge in [-0.1, -0.05) is 6.92 Å². The van der Waals surface area contributed by atoms with Crippen LogP contribution in [0.25, 0.3) is 0 Å². The second-order valence-electron chi connectivity index (χ2n) is 1.87. The zero-order chi connectivity index (χ0) is 5.11. The van der Waals surface area contributed by atoms with Crippen molar-refractivity contribution < 1.29 is 9.31 Å². The zero-order valence-electron chi connectivity index (χ0n) is 4.39. The Labute approximate surface area is 44.1 Å². The molecule has 7 heavy (non-hydrogen) atoms. The maximum Gasteiger partial charge on any atom is 0.488 e. The summed E-state index contributed by atoms with van der Waals surface area (Å²) >= 11 is 0. The van der Waals surface area contributed by atoms with Crippen molar-refractivity contribution in [1.29, 1.82) is 0 Å². The lowest BCUT2D eigenvalue weighted by Gasteiger charge is -2.16. The van der Waals surface area contributed by atoms with Crippen LogP contribution in [0.4, 0.5) is 0 Å². The van der Waals surface area contributed by atoms with E-state index >= 15 is 0 Å². The number of hydrogen-bond acceptors (Lipinski definition) is 2. The Morgan fingerprint density at radius 1 is 1.43 bits per heavy atom. The monoisotopic (exact) mass is 99.1 g/mol. The fourth-order valence-corrected chi connectivity index (χ4v) is 0.503. The van der Waals surface area contributed by atoms with Gasteiger partial charge in [-0.15, -0.1) is 0 Å². The minimum Gasteiger partial charge on any atom is -0.413 e. The second-order valence-corrected chi connectivity index (χ2v) is 1.87. The van der Waals surface area contributed by atoms with Gasteiger partial charge in [0, 0.05) is 13.2 Å². The summed E-state index contributed by atoms with van der Waals surface area (Å²) in [7, 11) is 1.40. The van der Waals surface area contributed by atoms with Gasteiger partial charge in [-0.25, -0.2) is 0 Å². The van der Waals surface area contributed by atoms with Crippen molar-refractivity contribution in [3.05, 3.63) is 0 Å². The average Bonchev–Trinajstić information content (AvgIpc) is 1.69. The van der Waals surface area contributed by atoms with E-state index in [2.05, 4.69) is 6.92 Å². The summed E-state index contributed by atoms with van der Waals surface area (Å²) in [4.78, 5) is 0. The van der Waals surface area contributed by atoms with Crippen molar-refractivity contribution in [3.8, 4) is 0 Å². The lowest BCUT2D eigenvalue weighted by Crippen LogP contribution is -2.23. The first-order valence-electron chi connectivity index (χ1n) is 2.44. The molecule has 1 fully saturated rings. The van der Waals surface area contributed by atoms with Crippen LogP contribution in [0.1, 0.15) is 6.92 Å². The molecule has 0 spiro atoms. The molecular weight excluding hydrogens is 90.9 g/mol. The molecule has 1 saturated heterocycles. The molecule has 1 radical (unpaired) electrons. The third-order valence-corrected chi connectivity index (χ3v) is 0.898. The third kappa shape index (κ3) is 1.49. The summed E-state index contributed by atoms with van der Waals surface area (Å²) in [5.41, 5.74) is 0. The van der Waals surface area contributed by atoms with Crippen LogP contribution >= 0.6 is 0 Å². The van der Waals surface area contributed by atoms with Gasteiger partial charge in [-0.3, -0.25) is 0 Å². The molecule has 0 N–H and O–H groups in total. The van der Waals surface area contributed by atoms with Crippen molar-refractivity contribution >= 4 is 7.69 Å². The predicted octanol–water partition coefficient (Wildman–Crippen LogP) is 0.204. The minimum atomic E-state index is 0.560. The fourth-order valence-electron chi connectivity index (χ4n) is 0.503. The summed E-state index contributed by atoms with van der Waals surface area (Å²) in [5.74, 6) is 0.560. The molecule has 0 saturated carbocycles. The first kappa shape index (κ1) is 5.13. The highest BCUT2D eigenvalue weighted by atomic mass is 16.6. The van der Waals surface area contributed by atoms with Crippen LogP contribution in [0.5, 0.6) is 0 Å². The van der Waals surface area contributed by atoms with Gasteiger partial charge in [0.15, 0.2) is 0 Å². The summed E-state index contributed by atoms with van der Waals surface area (Å²) in [5, 5.41) is 0. The molecule has 39 valence electrons. The minimum absolute atomic E-state index is 0.560. The SMILES string of the molecule is CC1CO[B]OC1. The lowest BCUT2D eigenvalue weighted by atomic mass is 10.2. The summed E-state index contributed by atoms with van der Waals surface area (Å²) in [6, 6.07) is 0. The molecule has 1 aliphatic heterocycles. The Balaban J connectivity index is 2.12. The predicted molar refractivity (Wildman–Crippen MR) is 26.8 cm³/mol. The van der Waals surface area contributed by atoms with E-state index in [-0.39, 0.29) is 0 Å². The van der Waals surface area contributed by atoms with Crippen molar-refractivity contribution in [2.45, 2.75) is 6.92 Å². The van der Waals surface area contributed by atoms with Crippen LogP contribution in [0.2, 0.25) is 0 Å². The lowest BCUT2D eigenvalue weighted by molar-refractivity contribution is 0.107. The maximum atomic E-state index is 4.83. The molecule has 0 amide bonds. The molecule has 0 bridgehead atoms. The van der Waals surface area contributed by atoms with Gasteiger partial charge < -0.3 is 9.31 Å². The Morgan fingerprint density at radius 3 is 2.29 bits per heavy atom. The molecule has 1 heterocycles. The average molecular weight is 98.9 g/mol. The van der Waals surface area contributed by atoms with Crippen LogP contribution < -0.4 is 0 Å². The van der Waals surface area contributed by atoms with Gasteiger partial charge in [0.25, 0.3) is 0 Å². The van der Waals surface area contributed by atoms with Crippen LogP contribution in [-0.2, 0) is 9.31 Å². The Morgan fingerprint density at radius 2 is 2.00 bits per heavy atom. The topological polar surface area (TPSA) is 18.5 Å². The third-order valence-electron chi connectivity index (χ3n) is 0.898. The maximum absolute atomic E-state index is 4.83. The molecule has 0 aliphatic carbocycles. The zero-order valence-corrected chi connectivity index (χ0v) is 4.39. The molecule has 1 rings (SSSR count). The number of rotatable bonds is 0. The highest BCUT2D eigenvalue weighted by molar-refractivity contribution is 6.18. The molecule has 0 aromatic carbocycles. The molecule has 0 atom stereocenters. The van der Waals surface area contributed by atoms with E-state index < -0.39 is 0 Å². The Kier molecular flexibility index (Phi) is 1.71. The van der Waals surface area contributed by atoms with Gasteiger partial charge in [-0.05, 0) is 5.92 Å². The Hall–Kier alpha value is -0.0151. The van der Waals surface area contributed by atoms with E-state index in [1.54, 1.807) is 0 Å². The standard InChI is InChI=1S/C4H8BO2/c1-4-2-6-5-7-3-4/h4H,2-3H2,1H3. The summed E-state index contributed by atoms with van der Waals surface area (Å²) in [6.07, 6.45) is 0. The first-order valence-corrected chi connectivity index (χ1v) is 2.44. The smallest absolute Gasteiger partial charge is 0.413 e. The van der Waals surface area contributed by atoms with Crippen LogP contribution in [0, 0.1) is 5.92 Å². The van der Waals surface area contributed by atoms with E-state index in [0.717, 1.165) is 13.2 Å².